The molecule has 34 heavy (non-hydrogen) atoms. The van der Waals surface area contributed by atoms with Crippen molar-refractivity contribution in [2.75, 3.05) is 32.0 Å². The molecule has 0 radical (unpaired) electrons. The Bertz CT molecular complexity index is 1070. The van der Waals surface area contributed by atoms with Crippen LogP contribution in [0.2, 0.25) is 5.02 Å². The fourth-order valence-electron chi connectivity index (χ4n) is 4.30. The molecule has 2 aliphatic rings. The topological polar surface area (TPSA) is 73.4 Å². The summed E-state index contributed by atoms with van der Waals surface area (Å²) in [5, 5.41) is 5.35. The van der Waals surface area contributed by atoms with Gasteiger partial charge in [0.05, 0.1) is 23.3 Å². The van der Waals surface area contributed by atoms with E-state index in [1.165, 1.54) is 18.3 Å². The molecule has 12 heteroatoms. The molecule has 2 aliphatic heterocycles. The van der Waals surface area contributed by atoms with E-state index in [2.05, 4.69) is 25.5 Å². The van der Waals surface area contributed by atoms with Gasteiger partial charge in [-0.15, -0.1) is 0 Å². The van der Waals surface area contributed by atoms with Gasteiger partial charge in [0, 0.05) is 31.7 Å². The number of carbonyl (C=O) groups is 1. The summed E-state index contributed by atoms with van der Waals surface area (Å²) in [4.78, 5) is 24.9. The molecule has 4 rings (SSSR count). The van der Waals surface area contributed by atoms with E-state index in [4.69, 9.17) is 11.6 Å². The van der Waals surface area contributed by atoms with E-state index in [0.717, 1.165) is 18.1 Å². The molecule has 1 fully saturated rings. The molecule has 2 aromatic rings. The molecular weight excluding hydrogens is 476 g/mol. The van der Waals surface area contributed by atoms with Crippen molar-refractivity contribution in [1.29, 1.82) is 0 Å². The molecule has 3 heterocycles. The maximum atomic E-state index is 14.0. The van der Waals surface area contributed by atoms with Gasteiger partial charge in [0.25, 0.3) is 0 Å². The largest absolute Gasteiger partial charge is 0.408 e. The van der Waals surface area contributed by atoms with E-state index >= 15 is 0 Å². The highest BCUT2D eigenvalue weighted by Crippen LogP contribution is 2.30. The van der Waals surface area contributed by atoms with Gasteiger partial charge in [-0.3, -0.25) is 0 Å². The van der Waals surface area contributed by atoms with Crippen LogP contribution < -0.4 is 10.6 Å². The highest BCUT2D eigenvalue weighted by Gasteiger charge is 2.37. The molecule has 2 amide bonds. The van der Waals surface area contributed by atoms with Gasteiger partial charge in [-0.2, -0.15) is 13.2 Å². The molecule has 1 unspecified atom stereocenters. The number of likely N-dealkylation sites (tertiary alicyclic amines) is 1. The quantitative estimate of drug-likeness (QED) is 0.625. The Hall–Kier alpha value is -2.66. The minimum Gasteiger partial charge on any atom is -0.343 e. The first-order valence-corrected chi connectivity index (χ1v) is 11.3. The van der Waals surface area contributed by atoms with Crippen molar-refractivity contribution in [2.45, 2.75) is 44.1 Å². The van der Waals surface area contributed by atoms with Gasteiger partial charge in [-0.1, -0.05) is 17.7 Å². The zero-order valence-electron chi connectivity index (χ0n) is 18.7. The zero-order chi connectivity index (χ0) is 24.6. The van der Waals surface area contributed by atoms with Gasteiger partial charge in [0.1, 0.15) is 11.9 Å². The fourth-order valence-corrected chi connectivity index (χ4v) is 4.42. The van der Waals surface area contributed by atoms with Crippen LogP contribution in [-0.4, -0.2) is 70.7 Å². The first-order valence-electron chi connectivity index (χ1n) is 10.9. The Morgan fingerprint density at radius 3 is 2.76 bits per heavy atom. The van der Waals surface area contributed by atoms with Gasteiger partial charge < -0.3 is 20.4 Å². The number of likely N-dealkylation sites (N-methyl/N-ethyl adjacent to an activating group) is 1. The number of alkyl halides is 3. The smallest absolute Gasteiger partial charge is 0.343 e. The predicted octanol–water partition coefficient (Wildman–Crippen LogP) is 3.80. The van der Waals surface area contributed by atoms with Crippen LogP contribution >= 0.6 is 11.6 Å². The molecule has 0 saturated carbocycles. The molecule has 0 spiro atoms. The van der Waals surface area contributed by atoms with Crippen molar-refractivity contribution in [3.05, 3.63) is 52.1 Å². The highest BCUT2D eigenvalue weighted by atomic mass is 35.5. The van der Waals surface area contributed by atoms with E-state index < -0.39 is 18.0 Å². The van der Waals surface area contributed by atoms with Crippen LogP contribution in [0.15, 0.2) is 24.4 Å². The van der Waals surface area contributed by atoms with Gasteiger partial charge >= 0.3 is 12.2 Å². The highest BCUT2D eigenvalue weighted by molar-refractivity contribution is 6.30. The zero-order valence-corrected chi connectivity index (χ0v) is 19.4. The third kappa shape index (κ3) is 5.35. The van der Waals surface area contributed by atoms with Crippen LogP contribution in [0.5, 0.6) is 0 Å². The number of fused-ring (bicyclic) bond motifs is 1. The fraction of sp³-hybridized carbons (Fsp3) is 0.500. The number of carbonyl (C=O) groups excluding carboxylic acids is 1. The number of nitrogens with one attached hydrogen (secondary N) is 2. The van der Waals surface area contributed by atoms with E-state index in [9.17, 15) is 22.4 Å². The van der Waals surface area contributed by atoms with Crippen LogP contribution in [0.3, 0.4) is 0 Å². The molecular formula is C22H25ClF4N6O. The summed E-state index contributed by atoms with van der Waals surface area (Å²) in [6, 6.07) is 2.32. The third-order valence-corrected chi connectivity index (χ3v) is 6.56. The summed E-state index contributed by atoms with van der Waals surface area (Å²) in [5.41, 5.74) is 2.06. The molecule has 1 aromatic heterocycles. The number of anilines is 1. The van der Waals surface area contributed by atoms with Gasteiger partial charge in [0.15, 0.2) is 0 Å². The normalized spacial score (nSPS) is 21.8. The van der Waals surface area contributed by atoms with Crippen molar-refractivity contribution in [1.82, 2.24) is 25.1 Å². The summed E-state index contributed by atoms with van der Waals surface area (Å²) < 4.78 is 52.6. The van der Waals surface area contributed by atoms with Gasteiger partial charge in [-0.05, 0) is 43.7 Å². The number of rotatable bonds is 4. The number of hydrogen-bond acceptors (Lipinski definition) is 5. The second-order valence-corrected chi connectivity index (χ2v) is 9.21. The van der Waals surface area contributed by atoms with E-state index in [1.54, 1.807) is 11.0 Å². The van der Waals surface area contributed by atoms with Gasteiger partial charge in [-0.25, -0.2) is 19.2 Å². The SMILES string of the molecule is C[C@@H](Nc1ncc2c(n1)CN(C(=O)NC1CN(C)C[C@H]1c1ccc(Cl)c(F)c1)CC2)C(F)(F)F. The number of amides is 2. The molecule has 7 nitrogen and oxygen atoms in total. The van der Waals surface area contributed by atoms with Gasteiger partial charge in [0.2, 0.25) is 5.95 Å². The number of nitrogens with zero attached hydrogens (tertiary/aromatic N) is 4. The lowest BCUT2D eigenvalue weighted by atomic mass is 9.94. The molecule has 0 aliphatic carbocycles. The summed E-state index contributed by atoms with van der Waals surface area (Å²) in [7, 11) is 1.93. The van der Waals surface area contributed by atoms with Crippen LogP contribution in [0.4, 0.5) is 28.3 Å². The Balaban J connectivity index is 1.44. The third-order valence-electron chi connectivity index (χ3n) is 6.25. The molecule has 184 valence electrons. The number of urea groups is 1. The standard InChI is InChI=1S/C22H25ClF4N6O/c1-12(22(25,26)27)29-20-28-8-14-5-6-33(11-18(14)30-20)21(34)31-19-10-32(2)9-15(19)13-3-4-16(23)17(24)7-13/h3-4,7-8,12,15,19H,5-6,9-11H2,1-2H3,(H,31,34)(H,28,29,30)/t12-,15+,19?/m1/s1. The number of hydrogen-bond donors (Lipinski definition) is 2. The lowest BCUT2D eigenvalue weighted by Crippen LogP contribution is -2.49. The van der Waals surface area contributed by atoms with E-state index in [-0.39, 0.29) is 35.5 Å². The first kappa shape index (κ1) is 24.5. The monoisotopic (exact) mass is 500 g/mol. The molecule has 3 atom stereocenters. The number of aromatic nitrogens is 2. The molecule has 0 bridgehead atoms. The first-order chi connectivity index (χ1) is 16.0. The van der Waals surface area contributed by atoms with Crippen molar-refractivity contribution >= 4 is 23.6 Å². The van der Waals surface area contributed by atoms with Crippen molar-refractivity contribution in [3.8, 4) is 0 Å². The summed E-state index contributed by atoms with van der Waals surface area (Å²) in [6.45, 7) is 2.81. The molecule has 2 N–H and O–H groups in total. The van der Waals surface area contributed by atoms with Crippen molar-refractivity contribution in [3.63, 3.8) is 0 Å². The lowest BCUT2D eigenvalue weighted by molar-refractivity contribution is -0.138. The minimum absolute atomic E-state index is 0.0446. The Labute approximate surface area is 199 Å². The van der Waals surface area contributed by atoms with E-state index in [0.29, 0.717) is 31.7 Å². The minimum atomic E-state index is -4.43. The second-order valence-electron chi connectivity index (χ2n) is 8.80. The Morgan fingerprint density at radius 2 is 2.06 bits per heavy atom. The average Bonchev–Trinajstić information content (AvgIpc) is 3.14. The summed E-state index contributed by atoms with van der Waals surface area (Å²) in [5.74, 6) is -0.747. The van der Waals surface area contributed by atoms with Crippen LogP contribution in [-0.2, 0) is 13.0 Å². The summed E-state index contributed by atoms with van der Waals surface area (Å²) >= 11 is 5.81. The Kier molecular flexibility index (Phi) is 6.86. The number of halogens is 5. The predicted molar refractivity (Wildman–Crippen MR) is 119 cm³/mol. The number of benzene rings is 1. The Morgan fingerprint density at radius 1 is 1.29 bits per heavy atom. The van der Waals surface area contributed by atoms with Crippen LogP contribution in [0.25, 0.3) is 0 Å². The molecule has 1 aromatic carbocycles. The molecule has 1 saturated heterocycles. The lowest BCUT2D eigenvalue weighted by Gasteiger charge is -2.30. The summed E-state index contributed by atoms with van der Waals surface area (Å²) in [6.07, 6.45) is -2.43. The van der Waals surface area contributed by atoms with E-state index in [1.807, 2.05) is 7.05 Å². The average molecular weight is 501 g/mol. The second kappa shape index (κ2) is 9.53. The van der Waals surface area contributed by atoms with Crippen molar-refractivity contribution < 1.29 is 22.4 Å². The maximum absolute atomic E-state index is 14.0. The maximum Gasteiger partial charge on any atom is 0.408 e. The van der Waals surface area contributed by atoms with Crippen LogP contribution in [0, 0.1) is 5.82 Å². The van der Waals surface area contributed by atoms with Crippen molar-refractivity contribution in [2.24, 2.45) is 0 Å². The van der Waals surface area contributed by atoms with Crippen LogP contribution in [0.1, 0.15) is 29.7 Å².